The molecule has 0 aliphatic rings. The Balaban J connectivity index is 2.56. The third-order valence-corrected chi connectivity index (χ3v) is 2.46. The number of carbonyl (C=O) groups excluding carboxylic acids is 1. The van der Waals surface area contributed by atoms with Crippen LogP contribution in [-0.2, 0) is 11.4 Å². The minimum Gasteiger partial charge on any atom is -0.392 e. The van der Waals surface area contributed by atoms with Crippen LogP contribution in [0.1, 0.15) is 32.3 Å². The summed E-state index contributed by atoms with van der Waals surface area (Å²) < 4.78 is 0. The largest absolute Gasteiger partial charge is 0.392 e. The molecule has 4 N–H and O–H groups in total. The van der Waals surface area contributed by atoms with E-state index in [2.05, 4.69) is 5.32 Å². The average Bonchev–Trinajstić information content (AvgIpc) is 2.26. The predicted octanol–water partition coefficient (Wildman–Crippen LogP) is 1.63. The summed E-state index contributed by atoms with van der Waals surface area (Å²) in [4.78, 5) is 11.7. The van der Waals surface area contributed by atoms with Gasteiger partial charge in [-0.05, 0) is 26.3 Å². The minimum atomic E-state index is -0.339. The van der Waals surface area contributed by atoms with Crippen LogP contribution in [0.15, 0.2) is 24.3 Å². The zero-order valence-electron chi connectivity index (χ0n) is 10.4. The van der Waals surface area contributed by atoms with Crippen LogP contribution in [0.3, 0.4) is 0 Å². The Hall–Kier alpha value is -1.39. The third kappa shape index (κ3) is 4.97. The molecule has 0 fully saturated rings. The zero-order chi connectivity index (χ0) is 12.9. The highest BCUT2D eigenvalue weighted by molar-refractivity contribution is 5.91. The lowest BCUT2D eigenvalue weighted by Crippen LogP contribution is -2.33. The first-order valence-corrected chi connectivity index (χ1v) is 5.70. The van der Waals surface area contributed by atoms with Gasteiger partial charge in [-0.15, -0.1) is 0 Å². The number of carbonyl (C=O) groups is 1. The Morgan fingerprint density at radius 2 is 2.06 bits per heavy atom. The molecule has 17 heavy (non-hydrogen) atoms. The van der Waals surface area contributed by atoms with Crippen LogP contribution in [0.25, 0.3) is 0 Å². The smallest absolute Gasteiger partial charge is 0.224 e. The first-order valence-electron chi connectivity index (χ1n) is 5.70. The van der Waals surface area contributed by atoms with Crippen molar-refractivity contribution in [2.24, 2.45) is 5.73 Å². The van der Waals surface area contributed by atoms with Crippen molar-refractivity contribution in [2.45, 2.75) is 38.8 Å². The number of benzene rings is 1. The van der Waals surface area contributed by atoms with Crippen molar-refractivity contribution < 1.29 is 9.90 Å². The number of rotatable bonds is 5. The molecule has 0 aliphatic carbocycles. The highest BCUT2D eigenvalue weighted by Crippen LogP contribution is 2.16. The number of aliphatic hydroxyl groups excluding tert-OH is 1. The van der Waals surface area contributed by atoms with E-state index in [4.69, 9.17) is 10.8 Å². The van der Waals surface area contributed by atoms with Crippen LogP contribution >= 0.6 is 0 Å². The highest BCUT2D eigenvalue weighted by Gasteiger charge is 2.13. The van der Waals surface area contributed by atoms with Crippen molar-refractivity contribution in [1.82, 2.24) is 0 Å². The molecule has 0 aliphatic heterocycles. The summed E-state index contributed by atoms with van der Waals surface area (Å²) in [5, 5.41) is 11.9. The van der Waals surface area contributed by atoms with Crippen molar-refractivity contribution in [1.29, 1.82) is 0 Å². The third-order valence-electron chi connectivity index (χ3n) is 2.46. The first-order chi connectivity index (χ1) is 7.92. The molecule has 0 unspecified atom stereocenters. The molecule has 4 heteroatoms. The Kier molecular flexibility index (Phi) is 4.66. The van der Waals surface area contributed by atoms with Crippen LogP contribution in [-0.4, -0.2) is 16.6 Å². The SMILES string of the molecule is CC(C)(N)CCC(=O)Nc1ccccc1CO. The maximum Gasteiger partial charge on any atom is 0.224 e. The second-order valence-corrected chi connectivity index (χ2v) is 4.85. The molecule has 1 rings (SSSR count). The summed E-state index contributed by atoms with van der Waals surface area (Å²) >= 11 is 0. The van der Waals surface area contributed by atoms with Gasteiger partial charge in [-0.25, -0.2) is 0 Å². The molecule has 4 nitrogen and oxygen atoms in total. The monoisotopic (exact) mass is 236 g/mol. The van der Waals surface area contributed by atoms with Gasteiger partial charge in [-0.2, -0.15) is 0 Å². The minimum absolute atomic E-state index is 0.0792. The molecule has 0 saturated carbocycles. The number of nitrogens with two attached hydrogens (primary N) is 1. The molecular formula is C13H20N2O2. The Labute approximate surface area is 102 Å². The van der Waals surface area contributed by atoms with E-state index in [1.54, 1.807) is 12.1 Å². The fraction of sp³-hybridized carbons (Fsp3) is 0.462. The number of amides is 1. The molecule has 0 bridgehead atoms. The molecule has 0 spiro atoms. The molecule has 0 radical (unpaired) electrons. The number of aliphatic hydroxyl groups is 1. The van der Waals surface area contributed by atoms with Crippen molar-refractivity contribution in [2.75, 3.05) is 5.32 Å². The topological polar surface area (TPSA) is 75.4 Å². The van der Waals surface area contributed by atoms with Gasteiger partial charge in [0.1, 0.15) is 0 Å². The fourth-order valence-corrected chi connectivity index (χ4v) is 1.43. The average molecular weight is 236 g/mol. The van der Waals surface area contributed by atoms with Gasteiger partial charge < -0.3 is 16.2 Å². The quantitative estimate of drug-likeness (QED) is 0.727. The van der Waals surface area contributed by atoms with E-state index < -0.39 is 0 Å². The van der Waals surface area contributed by atoms with E-state index in [0.717, 1.165) is 0 Å². The van der Waals surface area contributed by atoms with E-state index in [1.807, 2.05) is 26.0 Å². The van der Waals surface area contributed by atoms with E-state index in [1.165, 1.54) is 0 Å². The van der Waals surface area contributed by atoms with Gasteiger partial charge in [-0.1, -0.05) is 18.2 Å². The maximum atomic E-state index is 11.7. The standard InChI is InChI=1S/C13H20N2O2/c1-13(2,14)8-7-12(17)15-11-6-4-3-5-10(11)9-16/h3-6,16H,7-9,14H2,1-2H3,(H,15,17). The number of nitrogens with one attached hydrogen (secondary N) is 1. The Bertz CT molecular complexity index is 383. The summed E-state index contributed by atoms with van der Waals surface area (Å²) in [6.45, 7) is 3.70. The predicted molar refractivity (Wildman–Crippen MR) is 68.5 cm³/mol. The van der Waals surface area contributed by atoms with Gasteiger partial charge in [0.05, 0.1) is 6.61 Å². The number of para-hydroxylation sites is 1. The second kappa shape index (κ2) is 5.80. The normalized spacial score (nSPS) is 11.3. The van der Waals surface area contributed by atoms with Crippen molar-refractivity contribution >= 4 is 11.6 Å². The number of hydrogen-bond acceptors (Lipinski definition) is 3. The molecule has 94 valence electrons. The van der Waals surface area contributed by atoms with Gasteiger partial charge in [0, 0.05) is 23.2 Å². The Morgan fingerprint density at radius 3 is 2.65 bits per heavy atom. The summed E-state index contributed by atoms with van der Waals surface area (Å²) in [6.07, 6.45) is 1.00. The molecule has 1 amide bonds. The molecular weight excluding hydrogens is 216 g/mol. The van der Waals surface area contributed by atoms with Gasteiger partial charge in [0.25, 0.3) is 0 Å². The molecule has 0 heterocycles. The number of anilines is 1. The van der Waals surface area contributed by atoms with Gasteiger partial charge in [0.2, 0.25) is 5.91 Å². The summed E-state index contributed by atoms with van der Waals surface area (Å²) in [5.74, 6) is -0.0792. The van der Waals surface area contributed by atoms with Gasteiger partial charge >= 0.3 is 0 Å². The lowest BCUT2D eigenvalue weighted by atomic mass is 10.00. The maximum absolute atomic E-state index is 11.7. The summed E-state index contributed by atoms with van der Waals surface area (Å²) in [7, 11) is 0. The molecule has 1 aromatic rings. The molecule has 1 aromatic carbocycles. The fourth-order valence-electron chi connectivity index (χ4n) is 1.43. The molecule has 0 saturated heterocycles. The van der Waals surface area contributed by atoms with Gasteiger partial charge in [-0.3, -0.25) is 4.79 Å². The van der Waals surface area contributed by atoms with Crippen molar-refractivity contribution in [3.05, 3.63) is 29.8 Å². The second-order valence-electron chi connectivity index (χ2n) is 4.85. The summed E-state index contributed by atoms with van der Waals surface area (Å²) in [6, 6.07) is 7.20. The van der Waals surface area contributed by atoms with Gasteiger partial charge in [0.15, 0.2) is 0 Å². The molecule has 0 aromatic heterocycles. The van der Waals surface area contributed by atoms with Crippen molar-refractivity contribution in [3.63, 3.8) is 0 Å². The summed E-state index contributed by atoms with van der Waals surface area (Å²) in [5.41, 5.74) is 6.85. The zero-order valence-corrected chi connectivity index (χ0v) is 10.4. The van der Waals surface area contributed by atoms with Crippen LogP contribution in [0.4, 0.5) is 5.69 Å². The van der Waals surface area contributed by atoms with E-state index in [-0.39, 0.29) is 18.1 Å². The van der Waals surface area contributed by atoms with Crippen LogP contribution in [0.5, 0.6) is 0 Å². The van der Waals surface area contributed by atoms with E-state index in [9.17, 15) is 4.79 Å². The lowest BCUT2D eigenvalue weighted by molar-refractivity contribution is -0.116. The van der Waals surface area contributed by atoms with E-state index in [0.29, 0.717) is 24.1 Å². The van der Waals surface area contributed by atoms with Crippen LogP contribution in [0.2, 0.25) is 0 Å². The van der Waals surface area contributed by atoms with Crippen LogP contribution < -0.4 is 11.1 Å². The highest BCUT2D eigenvalue weighted by atomic mass is 16.3. The van der Waals surface area contributed by atoms with E-state index >= 15 is 0 Å². The Morgan fingerprint density at radius 1 is 1.41 bits per heavy atom. The molecule has 0 atom stereocenters. The lowest BCUT2D eigenvalue weighted by Gasteiger charge is -2.18. The number of hydrogen-bond donors (Lipinski definition) is 3. The van der Waals surface area contributed by atoms with Crippen LogP contribution in [0, 0.1) is 0 Å². The first kappa shape index (κ1) is 13.7. The van der Waals surface area contributed by atoms with Crippen molar-refractivity contribution in [3.8, 4) is 0 Å².